The van der Waals surface area contributed by atoms with Crippen LogP contribution in [0.5, 0.6) is 0 Å². The van der Waals surface area contributed by atoms with E-state index in [1.165, 1.54) is 0 Å². The first kappa shape index (κ1) is 22.9. The van der Waals surface area contributed by atoms with Crippen LogP contribution in [0.2, 0.25) is 0 Å². The molecule has 7 rings (SSSR count). The van der Waals surface area contributed by atoms with Crippen LogP contribution < -0.4 is 0 Å². The topological polar surface area (TPSA) is 109 Å². The molecule has 192 valence electrons. The zero-order valence-electron chi connectivity index (χ0n) is 21.2. The molecule has 3 heterocycles. The molecular formula is C28H38O7. The molecule has 35 heavy (non-hydrogen) atoms. The van der Waals surface area contributed by atoms with E-state index < -0.39 is 23.2 Å². The van der Waals surface area contributed by atoms with Gasteiger partial charge in [-0.25, -0.2) is 4.79 Å². The highest BCUT2D eigenvalue weighted by molar-refractivity contribution is 5.95. The van der Waals surface area contributed by atoms with Crippen LogP contribution in [-0.4, -0.2) is 64.7 Å². The van der Waals surface area contributed by atoms with Crippen molar-refractivity contribution in [3.63, 3.8) is 0 Å². The largest absolute Gasteiger partial charge is 0.458 e. The van der Waals surface area contributed by atoms with E-state index in [1.807, 2.05) is 0 Å². The summed E-state index contributed by atoms with van der Waals surface area (Å²) in [6.45, 7) is 8.37. The highest BCUT2D eigenvalue weighted by Crippen LogP contribution is 2.75. The normalized spacial score (nSPS) is 56.8. The van der Waals surface area contributed by atoms with Gasteiger partial charge in [0.15, 0.2) is 5.78 Å². The lowest BCUT2D eigenvalue weighted by atomic mass is 9.43. The first-order chi connectivity index (χ1) is 16.6. The second-order valence-corrected chi connectivity index (χ2v) is 13.2. The summed E-state index contributed by atoms with van der Waals surface area (Å²) in [4.78, 5) is 26.1. The lowest BCUT2D eigenvalue weighted by molar-refractivity contribution is -0.162. The second kappa shape index (κ2) is 6.97. The van der Waals surface area contributed by atoms with Crippen LogP contribution >= 0.6 is 0 Å². The Bertz CT molecular complexity index is 1040. The summed E-state index contributed by atoms with van der Waals surface area (Å²) >= 11 is 0. The monoisotopic (exact) mass is 486 g/mol. The van der Waals surface area contributed by atoms with E-state index in [0.29, 0.717) is 29.7 Å². The maximum absolute atomic E-state index is 13.6. The highest BCUT2D eigenvalue weighted by Gasteiger charge is 2.86. The molecule has 7 nitrogen and oxygen atoms in total. The fourth-order valence-corrected chi connectivity index (χ4v) is 10.3. The number of epoxide rings is 2. The quantitative estimate of drug-likeness (QED) is 0.466. The molecule has 4 aliphatic carbocycles. The van der Waals surface area contributed by atoms with Crippen molar-refractivity contribution in [3.05, 3.63) is 11.1 Å². The van der Waals surface area contributed by atoms with Crippen molar-refractivity contribution in [2.45, 2.75) is 102 Å². The molecule has 7 heteroatoms. The van der Waals surface area contributed by atoms with Gasteiger partial charge in [0.1, 0.15) is 30.0 Å². The van der Waals surface area contributed by atoms with Crippen molar-refractivity contribution >= 4 is 11.8 Å². The summed E-state index contributed by atoms with van der Waals surface area (Å²) in [5.74, 6) is 1.58. The number of rotatable bonds is 3. The molecule has 7 aliphatic rings. The van der Waals surface area contributed by atoms with E-state index in [-0.39, 0.29) is 53.9 Å². The third-order valence-electron chi connectivity index (χ3n) is 12.3. The third-order valence-corrected chi connectivity index (χ3v) is 12.3. The number of carbonyl (C=O) groups is 2. The fraction of sp³-hybridized carbons (Fsp3) is 0.857. The summed E-state index contributed by atoms with van der Waals surface area (Å²) in [5, 5.41) is 20.9. The van der Waals surface area contributed by atoms with Gasteiger partial charge in [-0.2, -0.15) is 0 Å². The van der Waals surface area contributed by atoms with Gasteiger partial charge in [-0.05, 0) is 86.5 Å². The van der Waals surface area contributed by atoms with Crippen molar-refractivity contribution in [3.8, 4) is 0 Å². The van der Waals surface area contributed by atoms with Crippen molar-refractivity contribution in [2.75, 3.05) is 6.61 Å². The van der Waals surface area contributed by atoms with E-state index in [0.717, 1.165) is 37.7 Å². The average molecular weight is 487 g/mol. The summed E-state index contributed by atoms with van der Waals surface area (Å²) in [6.07, 6.45) is 3.94. The summed E-state index contributed by atoms with van der Waals surface area (Å²) in [7, 11) is 0. The number of aliphatic hydroxyl groups is 2. The molecule has 4 saturated carbocycles. The van der Waals surface area contributed by atoms with Gasteiger partial charge in [0.05, 0.1) is 18.1 Å². The number of carbonyl (C=O) groups excluding carboxylic acids is 2. The Morgan fingerprint density at radius 2 is 1.91 bits per heavy atom. The Kier molecular flexibility index (Phi) is 4.56. The number of cyclic esters (lactones) is 1. The van der Waals surface area contributed by atoms with E-state index in [4.69, 9.17) is 14.2 Å². The molecule has 3 aliphatic heterocycles. The highest BCUT2D eigenvalue weighted by atomic mass is 16.7. The molecule has 2 N–H and O–H groups in total. The molecule has 6 fully saturated rings. The minimum atomic E-state index is -0.747. The van der Waals surface area contributed by atoms with Gasteiger partial charge < -0.3 is 24.4 Å². The molecular weight excluding hydrogens is 448 g/mol. The Hall–Kier alpha value is -1.28. The number of hydrogen-bond donors (Lipinski definition) is 2. The van der Waals surface area contributed by atoms with Crippen LogP contribution in [0.4, 0.5) is 0 Å². The maximum Gasteiger partial charge on any atom is 0.334 e. The van der Waals surface area contributed by atoms with E-state index in [2.05, 4.69) is 20.8 Å². The first-order valence-electron chi connectivity index (χ1n) is 13.7. The zero-order chi connectivity index (χ0) is 24.7. The molecule has 0 bridgehead atoms. The predicted molar refractivity (Wildman–Crippen MR) is 124 cm³/mol. The van der Waals surface area contributed by atoms with Crippen molar-refractivity contribution in [1.82, 2.24) is 0 Å². The number of ketones is 1. The molecule has 0 amide bonds. The summed E-state index contributed by atoms with van der Waals surface area (Å²) < 4.78 is 17.8. The van der Waals surface area contributed by atoms with Gasteiger partial charge in [0, 0.05) is 12.0 Å². The molecule has 0 aromatic rings. The van der Waals surface area contributed by atoms with Crippen molar-refractivity contribution in [2.24, 2.45) is 40.4 Å². The van der Waals surface area contributed by atoms with E-state index in [1.54, 1.807) is 6.92 Å². The standard InChI is InChI=1S/C28H38O7/c1-12-14(11-29)9-19(33-25(12)32)13(2)16-5-6-17-15-10-20-28(35-20)24(31)22-21(34-22)23(30)27(28,4)18(15)7-8-26(16,17)3/h13,15-22,24,29,31H,5-11H2,1-4H3. The van der Waals surface area contributed by atoms with Gasteiger partial charge in [0.25, 0.3) is 0 Å². The fourth-order valence-electron chi connectivity index (χ4n) is 10.3. The molecule has 0 radical (unpaired) electrons. The van der Waals surface area contributed by atoms with Crippen LogP contribution in [0.15, 0.2) is 11.1 Å². The Morgan fingerprint density at radius 3 is 2.66 bits per heavy atom. The Balaban J connectivity index is 1.17. The maximum atomic E-state index is 13.6. The van der Waals surface area contributed by atoms with Crippen LogP contribution in [0.1, 0.15) is 66.2 Å². The van der Waals surface area contributed by atoms with Crippen LogP contribution in [0.3, 0.4) is 0 Å². The first-order valence-corrected chi connectivity index (χ1v) is 13.7. The van der Waals surface area contributed by atoms with Crippen LogP contribution in [0, 0.1) is 40.4 Å². The summed E-state index contributed by atoms with van der Waals surface area (Å²) in [5.41, 5.74) is 0.0433. The third kappa shape index (κ3) is 2.56. The molecule has 13 atom stereocenters. The minimum Gasteiger partial charge on any atom is -0.458 e. The SMILES string of the molecule is CC1=C(CO)CC(C(C)C2CCC3C4CC5OC56C(O)C5OC5C(=O)C6(C)C4CCC23C)OC1=O. The molecule has 0 aromatic carbocycles. The molecule has 0 aromatic heterocycles. The average Bonchev–Trinajstić information content (AvgIpc) is 3.74. The van der Waals surface area contributed by atoms with Crippen LogP contribution in [0.25, 0.3) is 0 Å². The Labute approximate surface area is 206 Å². The van der Waals surface area contributed by atoms with Gasteiger partial charge >= 0.3 is 5.97 Å². The number of aliphatic hydroxyl groups excluding tert-OH is 2. The predicted octanol–water partition coefficient (Wildman–Crippen LogP) is 2.56. The van der Waals surface area contributed by atoms with Crippen LogP contribution in [-0.2, 0) is 23.8 Å². The lowest BCUT2D eigenvalue weighted by Crippen LogP contribution is -2.67. The number of esters is 1. The van der Waals surface area contributed by atoms with Crippen molar-refractivity contribution in [1.29, 1.82) is 0 Å². The lowest BCUT2D eigenvalue weighted by Gasteiger charge is -2.58. The summed E-state index contributed by atoms with van der Waals surface area (Å²) in [6, 6.07) is 0. The van der Waals surface area contributed by atoms with Gasteiger partial charge in [-0.1, -0.05) is 13.8 Å². The zero-order valence-corrected chi connectivity index (χ0v) is 21.2. The van der Waals surface area contributed by atoms with Gasteiger partial charge in [0.2, 0.25) is 0 Å². The second-order valence-electron chi connectivity index (χ2n) is 13.2. The smallest absolute Gasteiger partial charge is 0.334 e. The number of ether oxygens (including phenoxy) is 3. The minimum absolute atomic E-state index is 0.0591. The molecule has 1 spiro atoms. The molecule has 2 saturated heterocycles. The van der Waals surface area contributed by atoms with E-state index in [9.17, 15) is 19.8 Å². The number of Topliss-reactive ketones (excluding diaryl/α,β-unsaturated/α-hetero) is 1. The van der Waals surface area contributed by atoms with Gasteiger partial charge in [-0.15, -0.1) is 0 Å². The Morgan fingerprint density at radius 1 is 1.14 bits per heavy atom. The van der Waals surface area contributed by atoms with Gasteiger partial charge in [-0.3, -0.25) is 4.79 Å². The van der Waals surface area contributed by atoms with Crippen molar-refractivity contribution < 1.29 is 34.0 Å². The molecule has 13 unspecified atom stereocenters. The number of hydrogen-bond acceptors (Lipinski definition) is 7. The number of fused-ring (bicyclic) bond motifs is 5. The van der Waals surface area contributed by atoms with E-state index >= 15 is 0 Å².